The zero-order chi connectivity index (χ0) is 24.6. The molecule has 1 heterocycles. The van der Waals surface area contributed by atoms with E-state index in [1.165, 1.54) is 42.1 Å². The van der Waals surface area contributed by atoms with Crippen LogP contribution in [0.15, 0.2) is 59.5 Å². The molecule has 3 aromatic carbocycles. The third-order valence-corrected chi connectivity index (χ3v) is 7.33. The van der Waals surface area contributed by atoms with E-state index in [9.17, 15) is 24.6 Å². The van der Waals surface area contributed by atoms with Crippen LogP contribution in [0.5, 0.6) is 0 Å². The SMILES string of the molecule is CSc1ccc(N2[C@@H](c3ccc(Cl)c([N+](=O)[O-])c3)CC[C@@H]2c2ccc(Cl)c([N+](=O)[O-])c2)cc1F. The molecule has 0 unspecified atom stereocenters. The Morgan fingerprint density at radius 3 is 1.79 bits per heavy atom. The predicted molar refractivity (Wildman–Crippen MR) is 132 cm³/mol. The van der Waals surface area contributed by atoms with Gasteiger partial charge in [-0.05, 0) is 60.6 Å². The maximum atomic E-state index is 14.7. The highest BCUT2D eigenvalue weighted by molar-refractivity contribution is 7.98. The number of halogens is 3. The third kappa shape index (κ3) is 4.55. The van der Waals surface area contributed by atoms with Crippen molar-refractivity contribution in [1.82, 2.24) is 0 Å². The summed E-state index contributed by atoms with van der Waals surface area (Å²) in [6.45, 7) is 0. The van der Waals surface area contributed by atoms with E-state index in [4.69, 9.17) is 23.2 Å². The van der Waals surface area contributed by atoms with Crippen LogP contribution in [0, 0.1) is 26.0 Å². The Balaban J connectivity index is 1.84. The summed E-state index contributed by atoms with van der Waals surface area (Å²) in [5.74, 6) is -0.390. The van der Waals surface area contributed by atoms with Crippen LogP contribution in [0.3, 0.4) is 0 Å². The minimum absolute atomic E-state index is 0.0264. The van der Waals surface area contributed by atoms with Crippen LogP contribution in [0.4, 0.5) is 21.5 Å². The first-order valence-electron chi connectivity index (χ1n) is 10.2. The maximum Gasteiger partial charge on any atom is 0.288 e. The summed E-state index contributed by atoms with van der Waals surface area (Å²) in [5, 5.41) is 23.0. The zero-order valence-electron chi connectivity index (χ0n) is 17.8. The van der Waals surface area contributed by atoms with Crippen molar-refractivity contribution >= 4 is 52.0 Å². The standard InChI is InChI=1S/C23H18Cl2FN3O4S/c1-34-23-9-4-15(12-18(23)26)27-19(13-2-5-16(24)21(10-13)28(30)31)7-8-20(27)14-3-6-17(25)22(11-14)29(32)33/h2-6,9-12,19-20H,7-8H2,1H3/t19-,20-/m1/s1. The molecule has 11 heteroatoms. The lowest BCUT2D eigenvalue weighted by molar-refractivity contribution is -0.384. The van der Waals surface area contributed by atoms with E-state index in [0.29, 0.717) is 34.6 Å². The highest BCUT2D eigenvalue weighted by Gasteiger charge is 2.37. The van der Waals surface area contributed by atoms with Gasteiger partial charge in [0, 0.05) is 22.7 Å². The number of thioether (sulfide) groups is 1. The molecule has 0 radical (unpaired) electrons. The lowest BCUT2D eigenvalue weighted by Crippen LogP contribution is -2.26. The second-order valence-electron chi connectivity index (χ2n) is 7.77. The zero-order valence-corrected chi connectivity index (χ0v) is 20.1. The van der Waals surface area contributed by atoms with E-state index in [1.54, 1.807) is 30.5 Å². The molecule has 34 heavy (non-hydrogen) atoms. The second-order valence-corrected chi connectivity index (χ2v) is 9.43. The molecule has 0 spiro atoms. The Bertz CT molecular complexity index is 1220. The number of benzene rings is 3. The number of rotatable bonds is 6. The van der Waals surface area contributed by atoms with E-state index in [2.05, 4.69) is 0 Å². The van der Waals surface area contributed by atoms with E-state index in [1.807, 2.05) is 4.90 Å². The van der Waals surface area contributed by atoms with E-state index in [0.717, 1.165) is 0 Å². The van der Waals surface area contributed by atoms with Crippen molar-refractivity contribution in [2.24, 2.45) is 0 Å². The molecule has 0 bridgehead atoms. The van der Waals surface area contributed by atoms with Crippen LogP contribution in [-0.4, -0.2) is 16.1 Å². The number of anilines is 1. The number of hydrogen-bond acceptors (Lipinski definition) is 6. The summed E-state index contributed by atoms with van der Waals surface area (Å²) in [4.78, 5) is 24.3. The molecule has 0 saturated carbocycles. The van der Waals surface area contributed by atoms with Crippen molar-refractivity contribution in [2.75, 3.05) is 11.2 Å². The molecular weight excluding hydrogens is 504 g/mol. The summed E-state index contributed by atoms with van der Waals surface area (Å²) in [7, 11) is 0. The topological polar surface area (TPSA) is 89.5 Å². The van der Waals surface area contributed by atoms with Crippen LogP contribution in [0.2, 0.25) is 10.0 Å². The summed E-state index contributed by atoms with van der Waals surface area (Å²) in [5.41, 5.74) is 1.44. The molecular formula is C23H18Cl2FN3O4S. The Hall–Kier alpha value is -2.88. The van der Waals surface area contributed by atoms with Gasteiger partial charge in [0.05, 0.1) is 21.9 Å². The van der Waals surface area contributed by atoms with Gasteiger partial charge in [-0.2, -0.15) is 0 Å². The molecule has 1 aliphatic heterocycles. The number of nitro groups is 2. The fourth-order valence-electron chi connectivity index (χ4n) is 4.40. The van der Waals surface area contributed by atoms with Gasteiger partial charge in [0.1, 0.15) is 15.9 Å². The molecule has 0 amide bonds. The van der Waals surface area contributed by atoms with Gasteiger partial charge in [0.15, 0.2) is 0 Å². The summed E-state index contributed by atoms with van der Waals surface area (Å²) < 4.78 is 14.7. The third-order valence-electron chi connectivity index (χ3n) is 5.92. The second kappa shape index (κ2) is 9.77. The van der Waals surface area contributed by atoms with Crippen LogP contribution < -0.4 is 4.90 Å². The molecule has 1 aliphatic rings. The normalized spacial score (nSPS) is 17.7. The van der Waals surface area contributed by atoms with Crippen molar-refractivity contribution < 1.29 is 14.2 Å². The summed E-state index contributed by atoms with van der Waals surface area (Å²) >= 11 is 13.3. The first kappa shape index (κ1) is 24.3. The van der Waals surface area contributed by atoms with E-state index in [-0.39, 0.29) is 33.5 Å². The van der Waals surface area contributed by atoms with Gasteiger partial charge in [0.2, 0.25) is 0 Å². The smallest absolute Gasteiger partial charge is 0.288 e. The van der Waals surface area contributed by atoms with E-state index >= 15 is 0 Å². The summed E-state index contributed by atoms with van der Waals surface area (Å²) in [6.07, 6.45) is 2.96. The van der Waals surface area contributed by atoms with Crippen LogP contribution in [0.25, 0.3) is 0 Å². The monoisotopic (exact) mass is 521 g/mol. The minimum Gasteiger partial charge on any atom is -0.357 e. The first-order chi connectivity index (χ1) is 16.2. The molecule has 4 rings (SSSR count). The largest absolute Gasteiger partial charge is 0.357 e. The lowest BCUT2D eigenvalue weighted by atomic mass is 10.0. The lowest BCUT2D eigenvalue weighted by Gasteiger charge is -2.33. The Labute approximate surface area is 208 Å². The van der Waals surface area contributed by atoms with Crippen molar-refractivity contribution in [2.45, 2.75) is 29.8 Å². The number of nitro benzene ring substituents is 2. The Morgan fingerprint density at radius 2 is 1.38 bits per heavy atom. The van der Waals surface area contributed by atoms with Gasteiger partial charge in [-0.1, -0.05) is 35.3 Å². The minimum atomic E-state index is -0.544. The summed E-state index contributed by atoms with van der Waals surface area (Å²) in [6, 6.07) is 13.5. The average molecular weight is 522 g/mol. The predicted octanol–water partition coefficient (Wildman–Crippen LogP) is 7.75. The molecule has 0 aliphatic carbocycles. The highest BCUT2D eigenvalue weighted by Crippen LogP contribution is 2.49. The van der Waals surface area contributed by atoms with Gasteiger partial charge >= 0.3 is 0 Å². The van der Waals surface area contributed by atoms with Crippen LogP contribution >= 0.6 is 35.0 Å². The number of hydrogen-bond donors (Lipinski definition) is 0. The average Bonchev–Trinajstić information content (AvgIpc) is 3.24. The number of nitrogens with zero attached hydrogens (tertiary/aromatic N) is 3. The Morgan fingerprint density at radius 1 is 0.882 bits per heavy atom. The molecule has 1 saturated heterocycles. The van der Waals surface area contributed by atoms with Crippen molar-refractivity contribution in [3.05, 3.63) is 102 Å². The van der Waals surface area contributed by atoms with Gasteiger partial charge in [0.25, 0.3) is 11.4 Å². The van der Waals surface area contributed by atoms with Gasteiger partial charge in [-0.25, -0.2) is 4.39 Å². The first-order valence-corrected chi connectivity index (χ1v) is 12.2. The quantitative estimate of drug-likeness (QED) is 0.187. The Kier molecular flexibility index (Phi) is 6.97. The van der Waals surface area contributed by atoms with Crippen LogP contribution in [0.1, 0.15) is 36.1 Å². The fraction of sp³-hybridized carbons (Fsp3) is 0.217. The molecule has 2 atom stereocenters. The van der Waals surface area contributed by atoms with Gasteiger partial charge in [-0.15, -0.1) is 11.8 Å². The van der Waals surface area contributed by atoms with E-state index < -0.39 is 15.7 Å². The van der Waals surface area contributed by atoms with Gasteiger partial charge in [-0.3, -0.25) is 20.2 Å². The molecule has 0 aromatic heterocycles. The maximum absolute atomic E-state index is 14.7. The fourth-order valence-corrected chi connectivity index (χ4v) is 5.23. The van der Waals surface area contributed by atoms with Gasteiger partial charge < -0.3 is 4.90 Å². The van der Waals surface area contributed by atoms with Crippen molar-refractivity contribution in [3.63, 3.8) is 0 Å². The highest BCUT2D eigenvalue weighted by atomic mass is 35.5. The van der Waals surface area contributed by atoms with Crippen molar-refractivity contribution in [1.29, 1.82) is 0 Å². The van der Waals surface area contributed by atoms with Crippen LogP contribution in [-0.2, 0) is 0 Å². The molecule has 1 fully saturated rings. The molecule has 176 valence electrons. The molecule has 3 aromatic rings. The van der Waals surface area contributed by atoms with Crippen molar-refractivity contribution in [3.8, 4) is 0 Å². The molecule has 7 nitrogen and oxygen atoms in total. The molecule has 0 N–H and O–H groups in total.